The van der Waals surface area contributed by atoms with E-state index in [0.717, 1.165) is 12.0 Å². The van der Waals surface area contributed by atoms with Crippen molar-refractivity contribution in [3.63, 3.8) is 0 Å². The van der Waals surface area contributed by atoms with E-state index in [1.807, 2.05) is 24.4 Å². The van der Waals surface area contributed by atoms with Crippen molar-refractivity contribution in [3.05, 3.63) is 70.0 Å². The van der Waals surface area contributed by atoms with Crippen molar-refractivity contribution in [2.24, 2.45) is 0 Å². The van der Waals surface area contributed by atoms with Gasteiger partial charge in [-0.2, -0.15) is 0 Å². The highest BCUT2D eigenvalue weighted by Crippen LogP contribution is 2.25. The third-order valence-electron chi connectivity index (χ3n) is 3.79. The van der Waals surface area contributed by atoms with Gasteiger partial charge in [0, 0.05) is 29.1 Å². The fourth-order valence-corrected chi connectivity index (χ4v) is 3.29. The number of amides is 1. The van der Waals surface area contributed by atoms with E-state index in [0.29, 0.717) is 29.5 Å². The topological polar surface area (TPSA) is 60.5 Å². The number of pyridine rings is 1. The number of hydrogen-bond acceptors (Lipinski definition) is 5. The Kier molecular flexibility index (Phi) is 6.90. The maximum atomic E-state index is 12.7. The van der Waals surface area contributed by atoms with Crippen molar-refractivity contribution in [1.82, 2.24) is 4.98 Å². The second kappa shape index (κ2) is 9.57. The zero-order valence-corrected chi connectivity index (χ0v) is 17.2. The molecule has 0 spiro atoms. The first-order valence-corrected chi connectivity index (χ1v) is 10.2. The maximum Gasteiger partial charge on any atom is 0.257 e. The number of benzene rings is 1. The molecule has 0 aliphatic rings. The number of nitrogens with one attached hydrogen (secondary N) is 1. The molecule has 1 aromatic carbocycles. The van der Waals surface area contributed by atoms with Crippen LogP contribution in [0.15, 0.2) is 54.0 Å². The molecule has 5 nitrogen and oxygen atoms in total. The fourth-order valence-electron chi connectivity index (χ4n) is 2.50. The molecule has 1 amide bonds. The Labute approximate surface area is 173 Å². The molecule has 7 heteroatoms. The molecule has 0 radical (unpaired) electrons. The van der Waals surface area contributed by atoms with Crippen LogP contribution in [0.3, 0.4) is 0 Å². The van der Waals surface area contributed by atoms with E-state index in [1.54, 1.807) is 48.7 Å². The lowest BCUT2D eigenvalue weighted by Crippen LogP contribution is -2.14. The summed E-state index contributed by atoms with van der Waals surface area (Å²) in [6.45, 7) is 4.15. The summed E-state index contributed by atoms with van der Waals surface area (Å²) in [6, 6.07) is 12.8. The minimum absolute atomic E-state index is 0.299. The number of thiophene rings is 1. The van der Waals surface area contributed by atoms with E-state index in [9.17, 15) is 4.79 Å². The molecule has 2 aromatic heterocycles. The lowest BCUT2D eigenvalue weighted by atomic mass is 10.2. The van der Waals surface area contributed by atoms with Crippen molar-refractivity contribution < 1.29 is 14.3 Å². The standard InChI is InChI=1S/C21H21ClN2O3S/c1-14-5-6-20(23-13-14)24-21(25)16-10-17(12-18(11-16)27-15(2)22)26-8-7-19-4-3-9-28-19/h3-6,9-13,15H,7-8H2,1-2H3,(H,23,24,25). The average Bonchev–Trinajstić information content (AvgIpc) is 3.16. The summed E-state index contributed by atoms with van der Waals surface area (Å²) in [5.74, 6) is 1.20. The Bertz CT molecular complexity index is 912. The number of rotatable bonds is 8. The third-order valence-corrected chi connectivity index (χ3v) is 4.82. The van der Waals surface area contributed by atoms with E-state index in [-0.39, 0.29) is 5.91 Å². The molecule has 28 heavy (non-hydrogen) atoms. The third kappa shape index (κ3) is 5.97. The first-order chi connectivity index (χ1) is 13.5. The Balaban J connectivity index is 1.74. The Morgan fingerprint density at radius 3 is 2.75 bits per heavy atom. The number of aryl methyl sites for hydroxylation is 1. The number of carbonyl (C=O) groups excluding carboxylic acids is 1. The van der Waals surface area contributed by atoms with Crippen LogP contribution in [-0.2, 0) is 6.42 Å². The van der Waals surface area contributed by atoms with Crippen LogP contribution in [0.4, 0.5) is 5.82 Å². The summed E-state index contributed by atoms with van der Waals surface area (Å²) in [4.78, 5) is 18.1. The summed E-state index contributed by atoms with van der Waals surface area (Å²) in [6.07, 6.45) is 2.49. The van der Waals surface area contributed by atoms with Gasteiger partial charge in [-0.05, 0) is 49.1 Å². The molecule has 0 aliphatic carbocycles. The molecule has 0 saturated heterocycles. The summed E-state index contributed by atoms with van der Waals surface area (Å²) in [7, 11) is 0. The first-order valence-electron chi connectivity index (χ1n) is 8.84. The second-order valence-corrected chi connectivity index (χ2v) is 7.85. The number of anilines is 1. The molecule has 1 atom stereocenters. The lowest BCUT2D eigenvalue weighted by molar-refractivity contribution is 0.102. The van der Waals surface area contributed by atoms with Crippen molar-refractivity contribution in [3.8, 4) is 11.5 Å². The molecule has 1 unspecified atom stereocenters. The zero-order chi connectivity index (χ0) is 19.9. The zero-order valence-electron chi connectivity index (χ0n) is 15.6. The van der Waals surface area contributed by atoms with Gasteiger partial charge in [0.15, 0.2) is 5.56 Å². The lowest BCUT2D eigenvalue weighted by Gasteiger charge is -2.13. The average molecular weight is 417 g/mol. The number of aromatic nitrogens is 1. The fraction of sp³-hybridized carbons (Fsp3) is 0.238. The number of alkyl halides is 1. The van der Waals surface area contributed by atoms with Crippen LogP contribution < -0.4 is 14.8 Å². The van der Waals surface area contributed by atoms with Gasteiger partial charge in [0.05, 0.1) is 6.61 Å². The number of carbonyl (C=O) groups is 1. The van der Waals surface area contributed by atoms with Gasteiger partial charge >= 0.3 is 0 Å². The van der Waals surface area contributed by atoms with Crippen molar-refractivity contribution >= 4 is 34.7 Å². The Morgan fingerprint density at radius 2 is 2.07 bits per heavy atom. The van der Waals surface area contributed by atoms with Gasteiger partial charge in [-0.1, -0.05) is 23.7 Å². The van der Waals surface area contributed by atoms with Crippen LogP contribution in [0, 0.1) is 6.92 Å². The Hall–Kier alpha value is -2.57. The highest BCUT2D eigenvalue weighted by atomic mass is 35.5. The van der Waals surface area contributed by atoms with Gasteiger partial charge in [0.2, 0.25) is 0 Å². The maximum absolute atomic E-state index is 12.7. The van der Waals surface area contributed by atoms with Crippen LogP contribution in [0.5, 0.6) is 11.5 Å². The van der Waals surface area contributed by atoms with Crippen molar-refractivity contribution in [1.29, 1.82) is 0 Å². The van der Waals surface area contributed by atoms with E-state index in [1.165, 1.54) is 4.88 Å². The minimum atomic E-state index is -0.531. The predicted molar refractivity (Wildman–Crippen MR) is 113 cm³/mol. The van der Waals surface area contributed by atoms with Gasteiger partial charge < -0.3 is 14.8 Å². The highest BCUT2D eigenvalue weighted by Gasteiger charge is 2.13. The second-order valence-electron chi connectivity index (χ2n) is 6.21. The van der Waals surface area contributed by atoms with E-state index in [4.69, 9.17) is 21.1 Å². The van der Waals surface area contributed by atoms with Crippen LogP contribution >= 0.6 is 22.9 Å². The smallest absolute Gasteiger partial charge is 0.257 e. The molecular weight excluding hydrogens is 396 g/mol. The van der Waals surface area contributed by atoms with Gasteiger partial charge in [-0.25, -0.2) is 4.98 Å². The monoisotopic (exact) mass is 416 g/mol. The van der Waals surface area contributed by atoms with Crippen molar-refractivity contribution in [2.45, 2.75) is 25.8 Å². The molecule has 2 heterocycles. The van der Waals surface area contributed by atoms with Gasteiger partial charge in [0.25, 0.3) is 5.91 Å². The van der Waals surface area contributed by atoms with Crippen LogP contribution in [0.25, 0.3) is 0 Å². The normalized spacial score (nSPS) is 11.7. The molecule has 146 valence electrons. The molecular formula is C21H21ClN2O3S. The molecule has 0 fully saturated rings. The number of halogens is 1. The molecule has 1 N–H and O–H groups in total. The highest BCUT2D eigenvalue weighted by molar-refractivity contribution is 7.09. The van der Waals surface area contributed by atoms with Crippen LogP contribution in [0.2, 0.25) is 0 Å². The molecule has 0 saturated carbocycles. The first kappa shape index (κ1) is 20.2. The van der Waals surface area contributed by atoms with Gasteiger partial charge in [-0.15, -0.1) is 11.3 Å². The van der Waals surface area contributed by atoms with Gasteiger partial charge in [0.1, 0.15) is 17.3 Å². The summed E-state index contributed by atoms with van der Waals surface area (Å²) >= 11 is 7.63. The van der Waals surface area contributed by atoms with Crippen LogP contribution in [0.1, 0.15) is 27.7 Å². The number of nitrogens with zero attached hydrogens (tertiary/aromatic N) is 1. The molecule has 3 aromatic rings. The summed E-state index contributed by atoms with van der Waals surface area (Å²) < 4.78 is 11.4. The van der Waals surface area contributed by atoms with Crippen molar-refractivity contribution in [2.75, 3.05) is 11.9 Å². The molecule has 0 bridgehead atoms. The predicted octanol–water partition coefficient (Wildman–Crippen LogP) is 5.29. The van der Waals surface area contributed by atoms with E-state index >= 15 is 0 Å². The van der Waals surface area contributed by atoms with Gasteiger partial charge in [-0.3, -0.25) is 4.79 Å². The Morgan fingerprint density at radius 1 is 1.25 bits per heavy atom. The minimum Gasteiger partial charge on any atom is -0.493 e. The van der Waals surface area contributed by atoms with E-state index < -0.39 is 5.56 Å². The number of hydrogen-bond donors (Lipinski definition) is 1. The summed E-state index contributed by atoms with van der Waals surface area (Å²) in [5, 5.41) is 4.81. The quantitative estimate of drug-likeness (QED) is 0.507. The molecule has 0 aliphatic heterocycles. The molecule has 3 rings (SSSR count). The largest absolute Gasteiger partial charge is 0.493 e. The number of ether oxygens (including phenoxy) is 2. The summed E-state index contributed by atoms with van der Waals surface area (Å²) in [5.41, 5.74) is 0.894. The van der Waals surface area contributed by atoms with E-state index in [2.05, 4.69) is 16.4 Å². The van der Waals surface area contributed by atoms with Crippen LogP contribution in [-0.4, -0.2) is 23.1 Å². The SMILES string of the molecule is Cc1ccc(NC(=O)c2cc(OCCc3cccs3)cc(OC(C)Cl)c2)nc1.